The standard InChI is InChI=1S/C22H24N4O4S/c1-13-18(30-14(2)24-13)21(27)26-7-5-15(12-26)17-16-4-3-6-23-20(16)31-19(17)22(28)25-8-10-29-11-9-25/h3-4,6,15H,5,7-12H2,1-2H3. The van der Waals surface area contributed by atoms with Crippen molar-refractivity contribution in [2.24, 2.45) is 0 Å². The highest BCUT2D eigenvalue weighted by Gasteiger charge is 2.35. The van der Waals surface area contributed by atoms with E-state index < -0.39 is 0 Å². The number of fused-ring (bicyclic) bond motifs is 1. The Kier molecular flexibility index (Phi) is 5.23. The molecule has 0 aliphatic carbocycles. The number of oxazole rings is 1. The molecule has 5 heterocycles. The van der Waals surface area contributed by atoms with Crippen LogP contribution in [0.5, 0.6) is 0 Å². The molecule has 2 saturated heterocycles. The van der Waals surface area contributed by atoms with Gasteiger partial charge in [0.15, 0.2) is 5.89 Å². The third-order valence-electron chi connectivity index (χ3n) is 5.98. The Labute approximate surface area is 183 Å². The lowest BCUT2D eigenvalue weighted by Gasteiger charge is -2.27. The summed E-state index contributed by atoms with van der Waals surface area (Å²) in [5, 5.41) is 1.01. The number of aromatic nitrogens is 2. The summed E-state index contributed by atoms with van der Waals surface area (Å²) in [6.07, 6.45) is 2.55. The summed E-state index contributed by atoms with van der Waals surface area (Å²) in [6, 6.07) is 3.93. The molecule has 0 aromatic carbocycles. The van der Waals surface area contributed by atoms with Gasteiger partial charge >= 0.3 is 0 Å². The van der Waals surface area contributed by atoms with Gasteiger partial charge in [-0.25, -0.2) is 9.97 Å². The Hall–Kier alpha value is -2.78. The Morgan fingerprint density at radius 2 is 1.94 bits per heavy atom. The van der Waals surface area contributed by atoms with Crippen LogP contribution in [0.1, 0.15) is 49.7 Å². The number of aryl methyl sites for hydroxylation is 2. The molecule has 9 heteroatoms. The lowest BCUT2D eigenvalue weighted by atomic mass is 9.95. The van der Waals surface area contributed by atoms with Crippen molar-refractivity contribution in [3.05, 3.63) is 46.1 Å². The molecule has 2 aliphatic heterocycles. The van der Waals surface area contributed by atoms with Crippen molar-refractivity contribution in [3.63, 3.8) is 0 Å². The largest absolute Gasteiger partial charge is 0.436 e. The number of rotatable bonds is 3. The number of nitrogens with zero attached hydrogens (tertiary/aromatic N) is 4. The predicted molar refractivity (Wildman–Crippen MR) is 116 cm³/mol. The highest BCUT2D eigenvalue weighted by molar-refractivity contribution is 7.20. The first-order valence-electron chi connectivity index (χ1n) is 10.5. The van der Waals surface area contributed by atoms with Crippen LogP contribution in [0, 0.1) is 13.8 Å². The molecule has 0 saturated carbocycles. The number of hydrogen-bond acceptors (Lipinski definition) is 7. The SMILES string of the molecule is Cc1nc(C)c(C(=O)N2CCC(c3c(C(=O)N4CCOCC4)sc4ncccc34)C2)o1. The van der Waals surface area contributed by atoms with Crippen LogP contribution in [0.3, 0.4) is 0 Å². The van der Waals surface area contributed by atoms with Crippen LogP contribution >= 0.6 is 11.3 Å². The lowest BCUT2D eigenvalue weighted by molar-refractivity contribution is 0.0305. The second-order valence-electron chi connectivity index (χ2n) is 7.99. The van der Waals surface area contributed by atoms with Gasteiger partial charge in [-0.05, 0) is 25.0 Å². The van der Waals surface area contributed by atoms with Gasteiger partial charge in [0.05, 0.1) is 23.8 Å². The van der Waals surface area contributed by atoms with Gasteiger partial charge in [0, 0.05) is 50.6 Å². The van der Waals surface area contributed by atoms with Crippen molar-refractivity contribution in [1.29, 1.82) is 0 Å². The summed E-state index contributed by atoms with van der Waals surface area (Å²) in [6.45, 7) is 7.00. The average molecular weight is 441 g/mol. The Balaban J connectivity index is 1.46. The van der Waals surface area contributed by atoms with Crippen LogP contribution in [0.4, 0.5) is 0 Å². The molecule has 5 rings (SSSR count). The summed E-state index contributed by atoms with van der Waals surface area (Å²) in [5.41, 5.74) is 1.63. The Morgan fingerprint density at radius 3 is 2.68 bits per heavy atom. The minimum Gasteiger partial charge on any atom is -0.436 e. The molecular weight excluding hydrogens is 416 g/mol. The van der Waals surface area contributed by atoms with E-state index in [0.717, 1.165) is 27.1 Å². The maximum Gasteiger partial charge on any atom is 0.291 e. The third kappa shape index (κ3) is 3.61. The van der Waals surface area contributed by atoms with E-state index in [1.165, 1.54) is 11.3 Å². The van der Waals surface area contributed by atoms with Gasteiger partial charge in [-0.15, -0.1) is 11.3 Å². The van der Waals surface area contributed by atoms with Crippen LogP contribution in [0.2, 0.25) is 0 Å². The number of carbonyl (C=O) groups is 2. The number of ether oxygens (including phenoxy) is 1. The molecule has 31 heavy (non-hydrogen) atoms. The summed E-state index contributed by atoms with van der Waals surface area (Å²) in [7, 11) is 0. The molecule has 2 fully saturated rings. The monoisotopic (exact) mass is 440 g/mol. The first-order valence-corrected chi connectivity index (χ1v) is 11.3. The fraction of sp³-hybridized carbons (Fsp3) is 0.455. The molecule has 2 aliphatic rings. The second kappa shape index (κ2) is 8.05. The summed E-state index contributed by atoms with van der Waals surface area (Å²) in [5.74, 6) is 0.766. The lowest BCUT2D eigenvalue weighted by Crippen LogP contribution is -2.40. The van der Waals surface area contributed by atoms with E-state index in [9.17, 15) is 9.59 Å². The Morgan fingerprint density at radius 1 is 1.13 bits per heavy atom. The maximum absolute atomic E-state index is 13.4. The topological polar surface area (TPSA) is 88.8 Å². The van der Waals surface area contributed by atoms with Crippen LogP contribution in [-0.2, 0) is 4.74 Å². The molecule has 0 radical (unpaired) electrons. The summed E-state index contributed by atoms with van der Waals surface area (Å²) < 4.78 is 11.0. The number of amides is 2. The van der Waals surface area contributed by atoms with E-state index in [1.807, 2.05) is 17.0 Å². The average Bonchev–Trinajstić information content (AvgIpc) is 3.49. The molecule has 0 N–H and O–H groups in total. The normalized spacial score (nSPS) is 19.4. The molecule has 8 nitrogen and oxygen atoms in total. The summed E-state index contributed by atoms with van der Waals surface area (Å²) in [4.78, 5) is 40.4. The Bertz CT molecular complexity index is 1150. The minimum absolute atomic E-state index is 0.0350. The minimum atomic E-state index is -0.140. The molecule has 0 bridgehead atoms. The zero-order valence-corrected chi connectivity index (χ0v) is 18.4. The third-order valence-corrected chi connectivity index (χ3v) is 7.10. The first kappa shape index (κ1) is 20.1. The fourth-order valence-corrected chi connectivity index (χ4v) is 5.68. The number of morpholine rings is 1. The van der Waals surface area contributed by atoms with Crippen molar-refractivity contribution < 1.29 is 18.7 Å². The smallest absolute Gasteiger partial charge is 0.291 e. The first-order chi connectivity index (χ1) is 15.0. The van der Waals surface area contributed by atoms with Crippen LogP contribution < -0.4 is 0 Å². The van der Waals surface area contributed by atoms with Crippen LogP contribution in [-0.4, -0.2) is 71.0 Å². The van der Waals surface area contributed by atoms with Crippen molar-refractivity contribution in [2.75, 3.05) is 39.4 Å². The molecule has 1 unspecified atom stereocenters. The zero-order valence-electron chi connectivity index (χ0n) is 17.6. The van der Waals surface area contributed by atoms with Crippen molar-refractivity contribution in [3.8, 4) is 0 Å². The molecule has 162 valence electrons. The molecule has 3 aromatic heterocycles. The molecule has 1 atom stereocenters. The fourth-order valence-electron chi connectivity index (χ4n) is 4.48. The van der Waals surface area contributed by atoms with Gasteiger partial charge in [-0.3, -0.25) is 9.59 Å². The van der Waals surface area contributed by atoms with Gasteiger partial charge in [0.25, 0.3) is 11.8 Å². The molecule has 0 spiro atoms. The zero-order chi connectivity index (χ0) is 21.5. The second-order valence-corrected chi connectivity index (χ2v) is 8.99. The number of pyridine rings is 1. The van der Waals surface area contributed by atoms with Gasteiger partial charge in [0.1, 0.15) is 4.83 Å². The van der Waals surface area contributed by atoms with E-state index in [-0.39, 0.29) is 17.7 Å². The van der Waals surface area contributed by atoms with Crippen molar-refractivity contribution >= 4 is 33.4 Å². The highest BCUT2D eigenvalue weighted by atomic mass is 32.1. The number of thiophene rings is 1. The number of carbonyl (C=O) groups excluding carboxylic acids is 2. The number of hydrogen-bond donors (Lipinski definition) is 0. The van der Waals surface area contributed by atoms with Crippen LogP contribution in [0.15, 0.2) is 22.7 Å². The van der Waals surface area contributed by atoms with Gasteiger partial charge in [-0.1, -0.05) is 6.07 Å². The van der Waals surface area contributed by atoms with Crippen LogP contribution in [0.25, 0.3) is 10.2 Å². The van der Waals surface area contributed by atoms with Gasteiger partial charge in [-0.2, -0.15) is 0 Å². The molecule has 2 amide bonds. The highest BCUT2D eigenvalue weighted by Crippen LogP contribution is 2.40. The quantitative estimate of drug-likeness (QED) is 0.622. The van der Waals surface area contributed by atoms with Crippen molar-refractivity contribution in [2.45, 2.75) is 26.2 Å². The van der Waals surface area contributed by atoms with Gasteiger partial charge < -0.3 is 19.0 Å². The van der Waals surface area contributed by atoms with E-state index in [0.29, 0.717) is 56.7 Å². The molecular formula is C22H24N4O4S. The van der Waals surface area contributed by atoms with E-state index >= 15 is 0 Å². The number of likely N-dealkylation sites (tertiary alicyclic amines) is 1. The van der Waals surface area contributed by atoms with E-state index in [2.05, 4.69) is 9.97 Å². The van der Waals surface area contributed by atoms with Gasteiger partial charge in [0.2, 0.25) is 5.76 Å². The van der Waals surface area contributed by atoms with E-state index in [1.54, 1.807) is 24.9 Å². The molecule has 3 aromatic rings. The van der Waals surface area contributed by atoms with Crippen molar-refractivity contribution in [1.82, 2.24) is 19.8 Å². The van der Waals surface area contributed by atoms with E-state index in [4.69, 9.17) is 9.15 Å². The maximum atomic E-state index is 13.4. The summed E-state index contributed by atoms with van der Waals surface area (Å²) >= 11 is 1.45. The predicted octanol–water partition coefficient (Wildman–Crippen LogP) is 3.00.